The third-order valence-corrected chi connectivity index (χ3v) is 7.01. The number of nitrogen functional groups attached to an aromatic ring is 1. The largest absolute Gasteiger partial charge is 0.494 e. The molecule has 2 aromatic heterocycles. The molecule has 0 amide bonds. The van der Waals surface area contributed by atoms with Crippen molar-refractivity contribution in [3.63, 3.8) is 0 Å². The molecule has 1 fully saturated rings. The first kappa shape index (κ1) is 26.1. The van der Waals surface area contributed by atoms with Crippen molar-refractivity contribution in [3.05, 3.63) is 71.9 Å². The summed E-state index contributed by atoms with van der Waals surface area (Å²) in [5.74, 6) is -5.45. The number of alkyl halides is 5. The zero-order valence-corrected chi connectivity index (χ0v) is 20.8. The molecule has 1 aliphatic heterocycles. The summed E-state index contributed by atoms with van der Waals surface area (Å²) in [7, 11) is 0. The second-order valence-corrected chi connectivity index (χ2v) is 9.85. The Balaban J connectivity index is 1.32. The van der Waals surface area contributed by atoms with Crippen LogP contribution in [-0.2, 0) is 17.2 Å². The number of anilines is 1. The zero-order valence-electron chi connectivity index (χ0n) is 20.8. The van der Waals surface area contributed by atoms with Gasteiger partial charge < -0.3 is 10.5 Å². The van der Waals surface area contributed by atoms with Crippen molar-refractivity contribution in [3.8, 4) is 0 Å². The molecule has 0 spiro atoms. The van der Waals surface area contributed by atoms with Crippen molar-refractivity contribution >= 4 is 22.5 Å². The average Bonchev–Trinajstić information content (AvgIpc) is 3.26. The molecule has 0 bridgehead atoms. The van der Waals surface area contributed by atoms with Crippen molar-refractivity contribution in [1.29, 1.82) is 0 Å². The minimum Gasteiger partial charge on any atom is -0.494 e. The molecule has 1 unspecified atom stereocenters. The van der Waals surface area contributed by atoms with Gasteiger partial charge in [0.2, 0.25) is 0 Å². The predicted octanol–water partition coefficient (Wildman–Crippen LogP) is 6.11. The molecule has 3 aromatic rings. The highest BCUT2D eigenvalue weighted by atomic mass is 19.4. The van der Waals surface area contributed by atoms with Crippen LogP contribution in [-0.4, -0.2) is 44.8 Å². The van der Waals surface area contributed by atoms with Crippen LogP contribution in [0.1, 0.15) is 37.6 Å². The van der Waals surface area contributed by atoms with Gasteiger partial charge in [0.1, 0.15) is 11.9 Å². The molecule has 11 heteroatoms. The van der Waals surface area contributed by atoms with Gasteiger partial charge in [-0.3, -0.25) is 9.47 Å². The zero-order chi connectivity index (χ0) is 27.1. The molecule has 5 rings (SSSR count). The summed E-state index contributed by atoms with van der Waals surface area (Å²) < 4.78 is 76.1. The van der Waals surface area contributed by atoms with Crippen LogP contribution < -0.4 is 5.73 Å². The summed E-state index contributed by atoms with van der Waals surface area (Å²) in [6.45, 7) is 4.33. The van der Waals surface area contributed by atoms with Gasteiger partial charge in [0.05, 0.1) is 16.8 Å². The van der Waals surface area contributed by atoms with Gasteiger partial charge in [0.15, 0.2) is 5.82 Å². The van der Waals surface area contributed by atoms with Crippen molar-refractivity contribution < 1.29 is 26.7 Å². The smallest absolute Gasteiger partial charge is 0.461 e. The SMILES string of the molecule is CC1CC(n2c(C(F)(F)C(F)(F)F)nc3ccccc32)=CC=C1OC1CCN(Cc2ccnc(N)c2)CC1. The van der Waals surface area contributed by atoms with Gasteiger partial charge in [-0.15, -0.1) is 0 Å². The number of fused-ring (bicyclic) bond motifs is 1. The summed E-state index contributed by atoms with van der Waals surface area (Å²) in [4.78, 5) is 10.0. The number of pyridine rings is 1. The summed E-state index contributed by atoms with van der Waals surface area (Å²) in [6.07, 6.45) is 1.02. The fraction of sp³-hybridized carbons (Fsp3) is 0.407. The molecule has 1 saturated heterocycles. The first-order valence-corrected chi connectivity index (χ1v) is 12.5. The van der Waals surface area contributed by atoms with E-state index in [2.05, 4.69) is 14.9 Å². The summed E-state index contributed by atoms with van der Waals surface area (Å²) in [5, 5.41) is 0. The lowest BCUT2D eigenvalue weighted by molar-refractivity contribution is -0.292. The third-order valence-electron chi connectivity index (χ3n) is 7.01. The normalized spacial score (nSPS) is 19.9. The van der Waals surface area contributed by atoms with Crippen LogP contribution in [0.4, 0.5) is 27.8 Å². The van der Waals surface area contributed by atoms with Crippen molar-refractivity contribution in [2.45, 2.75) is 50.9 Å². The quantitative estimate of drug-likeness (QED) is 0.387. The number of benzene rings is 1. The highest BCUT2D eigenvalue weighted by Gasteiger charge is 2.62. The van der Waals surface area contributed by atoms with Crippen molar-refractivity contribution in [2.75, 3.05) is 18.8 Å². The van der Waals surface area contributed by atoms with Gasteiger partial charge in [-0.2, -0.15) is 22.0 Å². The minimum absolute atomic E-state index is 0.00314. The second-order valence-electron chi connectivity index (χ2n) is 9.85. The molecule has 6 nitrogen and oxygen atoms in total. The number of nitrogens with two attached hydrogens (primary N) is 1. The molecule has 1 aromatic carbocycles. The molecule has 202 valence electrons. The summed E-state index contributed by atoms with van der Waals surface area (Å²) in [6, 6.07) is 9.86. The maximum Gasteiger partial charge on any atom is 0.461 e. The number of allylic oxidation sites excluding steroid dienone is 4. The maximum absolute atomic E-state index is 14.5. The molecular weight excluding hydrogens is 505 g/mol. The van der Waals surface area contributed by atoms with Crippen LogP contribution in [0.25, 0.3) is 16.7 Å². The molecule has 0 radical (unpaired) electrons. The van der Waals surface area contributed by atoms with Gasteiger partial charge >= 0.3 is 12.1 Å². The third kappa shape index (κ3) is 5.11. The van der Waals surface area contributed by atoms with Gasteiger partial charge in [0, 0.05) is 37.4 Å². The van der Waals surface area contributed by atoms with Crippen molar-refractivity contribution in [1.82, 2.24) is 19.4 Å². The molecule has 0 saturated carbocycles. The number of rotatable bonds is 6. The highest BCUT2D eigenvalue weighted by molar-refractivity contribution is 5.81. The van der Waals surface area contributed by atoms with E-state index in [9.17, 15) is 22.0 Å². The van der Waals surface area contributed by atoms with Crippen LogP contribution in [0, 0.1) is 5.92 Å². The van der Waals surface area contributed by atoms with E-state index in [1.807, 2.05) is 19.1 Å². The van der Waals surface area contributed by atoms with E-state index >= 15 is 0 Å². The number of aromatic nitrogens is 3. The lowest BCUT2D eigenvalue weighted by atomic mass is 9.96. The molecule has 2 N–H and O–H groups in total. The van der Waals surface area contributed by atoms with Gasteiger partial charge in [-0.25, -0.2) is 9.97 Å². The van der Waals surface area contributed by atoms with E-state index in [-0.39, 0.29) is 29.5 Å². The number of piperidine rings is 1. The molecule has 38 heavy (non-hydrogen) atoms. The van der Waals surface area contributed by atoms with Gasteiger partial charge in [0.25, 0.3) is 0 Å². The maximum atomic E-state index is 14.5. The number of ether oxygens (including phenoxy) is 1. The number of hydrogen-bond donors (Lipinski definition) is 1. The highest BCUT2D eigenvalue weighted by Crippen LogP contribution is 2.46. The van der Waals surface area contributed by atoms with Crippen LogP contribution >= 0.6 is 0 Å². The monoisotopic (exact) mass is 533 g/mol. The molecule has 1 atom stereocenters. The Labute approximate surface area is 216 Å². The number of para-hydroxylation sites is 2. The van der Waals surface area contributed by atoms with Crippen LogP contribution in [0.5, 0.6) is 0 Å². The lowest BCUT2D eigenvalue weighted by Crippen LogP contribution is -2.37. The Morgan fingerprint density at radius 3 is 2.47 bits per heavy atom. The van der Waals surface area contributed by atoms with E-state index in [0.29, 0.717) is 17.3 Å². The standard InChI is InChI=1S/C27H28F5N5O/c1-17-14-19(37-22-5-3-2-4-21(22)35-25(37)26(28,29)27(30,31)32)6-7-23(17)38-20-9-12-36(13-10-20)16-18-8-11-34-24(33)15-18/h2-8,11,15,17,20H,9-10,12-14,16H2,1H3,(H2,33,34). The van der Waals surface area contributed by atoms with Crippen molar-refractivity contribution in [2.24, 2.45) is 5.92 Å². The molecule has 3 heterocycles. The first-order chi connectivity index (χ1) is 18.0. The molecular formula is C27H28F5N5O. The van der Waals surface area contributed by atoms with E-state index < -0.39 is 17.9 Å². The van der Waals surface area contributed by atoms with Crippen LogP contribution in [0.3, 0.4) is 0 Å². The molecule has 1 aliphatic carbocycles. The van der Waals surface area contributed by atoms with E-state index in [1.165, 1.54) is 12.1 Å². The number of halogens is 5. The Kier molecular flexibility index (Phi) is 6.89. The minimum atomic E-state index is -5.77. The number of hydrogen-bond acceptors (Lipinski definition) is 5. The fourth-order valence-corrected chi connectivity index (χ4v) is 5.03. The Bertz CT molecular complexity index is 1370. The van der Waals surface area contributed by atoms with Gasteiger partial charge in [-0.1, -0.05) is 19.1 Å². The topological polar surface area (TPSA) is 69.2 Å². The Morgan fingerprint density at radius 2 is 1.79 bits per heavy atom. The second kappa shape index (κ2) is 10.0. The summed E-state index contributed by atoms with van der Waals surface area (Å²) in [5.41, 5.74) is 7.45. The summed E-state index contributed by atoms with van der Waals surface area (Å²) >= 11 is 0. The van der Waals surface area contributed by atoms with E-state index in [1.54, 1.807) is 30.5 Å². The van der Waals surface area contributed by atoms with E-state index in [0.717, 1.165) is 42.6 Å². The van der Waals surface area contributed by atoms with Gasteiger partial charge in [-0.05, 0) is 61.2 Å². The fourth-order valence-electron chi connectivity index (χ4n) is 5.03. The first-order valence-electron chi connectivity index (χ1n) is 12.5. The average molecular weight is 534 g/mol. The number of likely N-dealkylation sites (tertiary alicyclic amines) is 1. The molecule has 2 aliphatic rings. The van der Waals surface area contributed by atoms with E-state index in [4.69, 9.17) is 10.5 Å². The predicted molar refractivity (Wildman–Crippen MR) is 134 cm³/mol. The Hall–Kier alpha value is -3.47. The van der Waals surface area contributed by atoms with Crippen LogP contribution in [0.15, 0.2) is 60.5 Å². The van der Waals surface area contributed by atoms with Crippen LogP contribution in [0.2, 0.25) is 0 Å². The lowest BCUT2D eigenvalue weighted by Gasteiger charge is -2.34. The number of nitrogens with zero attached hydrogens (tertiary/aromatic N) is 4. The number of imidazole rings is 1. The Morgan fingerprint density at radius 1 is 1.05 bits per heavy atom.